The molecule has 0 spiro atoms. The molecule has 0 atom stereocenters. The van der Waals surface area contributed by atoms with Crippen molar-refractivity contribution < 1.29 is 18.7 Å². The monoisotopic (exact) mass is 599 g/mol. The number of nitrogen functional groups attached to an aromatic ring is 1. The lowest BCUT2D eigenvalue weighted by molar-refractivity contribution is 0.103. The first-order valence-corrected chi connectivity index (χ1v) is 15.0. The van der Waals surface area contributed by atoms with E-state index in [-0.39, 0.29) is 28.8 Å². The van der Waals surface area contributed by atoms with Crippen LogP contribution in [0.3, 0.4) is 0 Å². The van der Waals surface area contributed by atoms with Crippen LogP contribution in [0.25, 0.3) is 16.6 Å². The SMILES string of the molecule is Cc1cc(Oc2ccccc2F)ncc1-n1ncc(C(=O)c2cc3cc(N4CCOCC4)c(NSC4CC4)cc3[nH]2)c1N. The Morgan fingerprint density at radius 2 is 1.95 bits per heavy atom. The van der Waals surface area contributed by atoms with Gasteiger partial charge >= 0.3 is 0 Å². The van der Waals surface area contributed by atoms with Gasteiger partial charge in [0.05, 0.1) is 53.9 Å². The molecule has 2 aromatic carbocycles. The van der Waals surface area contributed by atoms with E-state index < -0.39 is 5.82 Å². The van der Waals surface area contributed by atoms with Crippen LogP contribution in [-0.2, 0) is 4.74 Å². The molecule has 5 aromatic rings. The predicted octanol–water partition coefficient (Wildman–Crippen LogP) is 5.86. The summed E-state index contributed by atoms with van der Waals surface area (Å²) in [5.41, 5.74) is 11.4. The fraction of sp³-hybridized carbons (Fsp3) is 0.258. The van der Waals surface area contributed by atoms with Gasteiger partial charge in [-0.05, 0) is 67.6 Å². The van der Waals surface area contributed by atoms with Gasteiger partial charge in [-0.15, -0.1) is 0 Å². The Morgan fingerprint density at radius 1 is 1.14 bits per heavy atom. The molecule has 1 aliphatic carbocycles. The number of nitrogens with two attached hydrogens (primary N) is 1. The van der Waals surface area contributed by atoms with Gasteiger partial charge in [0.15, 0.2) is 11.6 Å². The van der Waals surface area contributed by atoms with Crippen LogP contribution in [0.5, 0.6) is 11.6 Å². The zero-order valence-corrected chi connectivity index (χ0v) is 24.3. The molecule has 0 bridgehead atoms. The number of hydrogen-bond acceptors (Lipinski definition) is 9. The number of pyridine rings is 1. The highest BCUT2D eigenvalue weighted by atomic mass is 32.2. The molecule has 0 radical (unpaired) electrons. The Hall–Kier alpha value is -4.55. The minimum atomic E-state index is -0.482. The van der Waals surface area contributed by atoms with E-state index in [0.717, 1.165) is 40.9 Å². The number of anilines is 3. The molecule has 2 aliphatic rings. The van der Waals surface area contributed by atoms with E-state index in [4.69, 9.17) is 15.2 Å². The van der Waals surface area contributed by atoms with Gasteiger partial charge in [0.1, 0.15) is 5.82 Å². The molecular weight excluding hydrogens is 569 g/mol. The van der Waals surface area contributed by atoms with Crippen LogP contribution in [0.15, 0.2) is 60.9 Å². The number of H-pyrrole nitrogens is 1. The fourth-order valence-corrected chi connectivity index (χ4v) is 5.91. The number of para-hydroxylation sites is 1. The minimum absolute atomic E-state index is 0.0774. The number of nitrogens with zero attached hydrogens (tertiary/aromatic N) is 4. The molecule has 220 valence electrons. The minimum Gasteiger partial charge on any atom is -0.436 e. The summed E-state index contributed by atoms with van der Waals surface area (Å²) in [4.78, 5) is 23.6. The van der Waals surface area contributed by atoms with Gasteiger partial charge in [-0.25, -0.2) is 14.1 Å². The Kier molecular flexibility index (Phi) is 7.15. The summed E-state index contributed by atoms with van der Waals surface area (Å²) in [6.07, 6.45) is 5.45. The molecule has 2 fully saturated rings. The Morgan fingerprint density at radius 3 is 2.72 bits per heavy atom. The number of aromatic nitrogens is 4. The third kappa shape index (κ3) is 5.51. The van der Waals surface area contributed by atoms with Gasteiger partial charge in [0, 0.05) is 35.3 Å². The summed E-state index contributed by atoms with van der Waals surface area (Å²) in [6, 6.07) is 13.8. The maximum atomic E-state index is 14.0. The van der Waals surface area contributed by atoms with E-state index >= 15 is 0 Å². The molecule has 0 unspecified atom stereocenters. The van der Waals surface area contributed by atoms with Gasteiger partial charge < -0.3 is 29.8 Å². The van der Waals surface area contributed by atoms with Crippen LogP contribution >= 0.6 is 11.9 Å². The summed E-state index contributed by atoms with van der Waals surface area (Å²) in [5, 5.41) is 5.97. The van der Waals surface area contributed by atoms with Gasteiger partial charge in [-0.2, -0.15) is 5.10 Å². The summed E-state index contributed by atoms with van der Waals surface area (Å²) in [5.74, 6) is -0.251. The van der Waals surface area contributed by atoms with Crippen molar-refractivity contribution in [3.63, 3.8) is 0 Å². The molecule has 1 saturated carbocycles. The lowest BCUT2D eigenvalue weighted by Gasteiger charge is -2.30. The van der Waals surface area contributed by atoms with Gasteiger partial charge in [0.2, 0.25) is 11.7 Å². The fourth-order valence-electron chi connectivity index (χ4n) is 5.08. The third-order valence-electron chi connectivity index (χ3n) is 7.58. The number of aromatic amines is 1. The smallest absolute Gasteiger partial charge is 0.219 e. The molecule has 3 aromatic heterocycles. The molecule has 43 heavy (non-hydrogen) atoms. The van der Waals surface area contributed by atoms with Crippen LogP contribution in [0.4, 0.5) is 21.6 Å². The number of rotatable bonds is 9. The number of ether oxygens (including phenoxy) is 2. The number of morpholine rings is 1. The topological polar surface area (TPSA) is 123 Å². The molecule has 10 nitrogen and oxygen atoms in total. The summed E-state index contributed by atoms with van der Waals surface area (Å²) >= 11 is 1.75. The summed E-state index contributed by atoms with van der Waals surface area (Å²) in [7, 11) is 0. The van der Waals surface area contributed by atoms with Crippen molar-refractivity contribution in [2.45, 2.75) is 25.0 Å². The highest BCUT2D eigenvalue weighted by Crippen LogP contribution is 2.39. The number of benzene rings is 2. The highest BCUT2D eigenvalue weighted by molar-refractivity contribution is 8.01. The van der Waals surface area contributed by atoms with Crippen molar-refractivity contribution in [3.8, 4) is 17.3 Å². The first-order chi connectivity index (χ1) is 20.9. The standard InChI is InChI=1S/C31H30FN7O3S/c1-18-12-29(42-28-5-3-2-4-22(28)32)34-17-27(18)39-31(33)21(16-35-39)30(40)25-13-19-14-26(38-8-10-41-11-9-38)24(15-23(19)36-25)37-43-20-6-7-20/h2-5,12-17,20,36-37H,6-11,33H2,1H3. The number of fused-ring (bicyclic) bond motifs is 1. The first kappa shape index (κ1) is 27.3. The van der Waals surface area contributed by atoms with Crippen LogP contribution in [0.1, 0.15) is 34.5 Å². The van der Waals surface area contributed by atoms with E-state index in [1.54, 1.807) is 30.1 Å². The van der Waals surface area contributed by atoms with Crippen molar-refractivity contribution in [3.05, 3.63) is 83.6 Å². The normalized spacial score (nSPS) is 15.2. The predicted molar refractivity (Wildman–Crippen MR) is 166 cm³/mol. The largest absolute Gasteiger partial charge is 0.436 e. The second-order valence-electron chi connectivity index (χ2n) is 10.7. The number of carbonyl (C=O) groups excluding carboxylic acids is 1. The van der Waals surface area contributed by atoms with Crippen LogP contribution in [0.2, 0.25) is 0 Å². The van der Waals surface area contributed by atoms with E-state index in [9.17, 15) is 9.18 Å². The molecule has 12 heteroatoms. The summed E-state index contributed by atoms with van der Waals surface area (Å²) in [6.45, 7) is 4.83. The van der Waals surface area contributed by atoms with E-state index in [1.165, 1.54) is 42.0 Å². The first-order valence-electron chi connectivity index (χ1n) is 14.1. The quantitative estimate of drug-likeness (QED) is 0.141. The van der Waals surface area contributed by atoms with Crippen molar-refractivity contribution in [1.82, 2.24) is 19.7 Å². The number of ketones is 1. The Balaban J connectivity index is 1.16. The number of aryl methyl sites for hydroxylation is 1. The van der Waals surface area contributed by atoms with Crippen molar-refractivity contribution in [1.29, 1.82) is 0 Å². The van der Waals surface area contributed by atoms with E-state index in [2.05, 4.69) is 36.8 Å². The zero-order valence-electron chi connectivity index (χ0n) is 23.5. The van der Waals surface area contributed by atoms with Crippen LogP contribution in [-0.4, -0.2) is 57.1 Å². The Labute approximate surface area is 251 Å². The molecular formula is C31H30FN7O3S. The van der Waals surface area contributed by atoms with Gasteiger partial charge in [-0.3, -0.25) is 4.79 Å². The van der Waals surface area contributed by atoms with Crippen molar-refractivity contribution >= 4 is 45.8 Å². The number of carbonyl (C=O) groups is 1. The van der Waals surface area contributed by atoms with Crippen LogP contribution in [0, 0.1) is 12.7 Å². The molecule has 7 rings (SSSR count). The summed E-state index contributed by atoms with van der Waals surface area (Å²) < 4.78 is 30.2. The lowest BCUT2D eigenvalue weighted by Crippen LogP contribution is -2.36. The molecule has 1 saturated heterocycles. The molecule has 0 amide bonds. The van der Waals surface area contributed by atoms with E-state index in [1.807, 2.05) is 13.0 Å². The second-order valence-corrected chi connectivity index (χ2v) is 11.8. The zero-order chi connectivity index (χ0) is 29.5. The number of hydrogen-bond donors (Lipinski definition) is 3. The average Bonchev–Trinajstić information content (AvgIpc) is 3.64. The second kappa shape index (κ2) is 11.3. The van der Waals surface area contributed by atoms with Crippen molar-refractivity contribution in [2.24, 2.45) is 0 Å². The number of nitrogens with one attached hydrogen (secondary N) is 2. The van der Waals surface area contributed by atoms with E-state index in [0.29, 0.717) is 29.8 Å². The van der Waals surface area contributed by atoms with Gasteiger partial charge in [0.25, 0.3) is 0 Å². The Bertz CT molecular complexity index is 1830. The highest BCUT2D eigenvalue weighted by Gasteiger charge is 2.25. The maximum absolute atomic E-state index is 14.0. The third-order valence-corrected chi connectivity index (χ3v) is 8.72. The lowest BCUT2D eigenvalue weighted by atomic mass is 10.1. The average molecular weight is 600 g/mol. The van der Waals surface area contributed by atoms with Crippen LogP contribution < -0.4 is 20.1 Å². The molecule has 4 heterocycles. The maximum Gasteiger partial charge on any atom is 0.219 e. The molecule has 1 aliphatic heterocycles. The number of halogens is 1. The van der Waals surface area contributed by atoms with Gasteiger partial charge in [-0.1, -0.05) is 12.1 Å². The molecule has 4 N–H and O–H groups in total. The van der Waals surface area contributed by atoms with Crippen molar-refractivity contribution in [2.75, 3.05) is 41.7 Å².